The molecule has 0 amide bonds. The Bertz CT molecular complexity index is 1100. The highest BCUT2D eigenvalue weighted by atomic mass is 35.5. The first-order valence-corrected chi connectivity index (χ1v) is 11.5. The van der Waals surface area contributed by atoms with E-state index < -0.39 is 11.7 Å². The molecule has 4 rings (SSSR count). The number of alkyl halides is 3. The van der Waals surface area contributed by atoms with E-state index in [2.05, 4.69) is 29.6 Å². The van der Waals surface area contributed by atoms with Gasteiger partial charge in [-0.1, -0.05) is 35.1 Å². The zero-order valence-electron chi connectivity index (χ0n) is 16.8. The molecule has 1 fully saturated rings. The molecule has 1 aliphatic heterocycles. The lowest BCUT2D eigenvalue weighted by atomic mass is 10.1. The number of hydrogen-bond acceptors (Lipinski definition) is 7. The number of halogens is 5. The van der Waals surface area contributed by atoms with Gasteiger partial charge in [-0.3, -0.25) is 4.31 Å². The SMILES string of the molecule is CSN1CCC(Nc2ncc(C(F)(F)F)c(-c3cn(-c4ccnc(Cl)c4Cl)cn3)n2)CC1. The molecule has 3 aromatic rings. The van der Waals surface area contributed by atoms with Crippen LogP contribution in [0.5, 0.6) is 0 Å². The Morgan fingerprint density at radius 3 is 2.59 bits per heavy atom. The van der Waals surface area contributed by atoms with Crippen LogP contribution in [0.25, 0.3) is 17.1 Å². The maximum Gasteiger partial charge on any atom is 0.420 e. The first-order chi connectivity index (χ1) is 15.3. The highest BCUT2D eigenvalue weighted by Crippen LogP contribution is 2.36. The molecule has 1 N–H and O–H groups in total. The first-order valence-electron chi connectivity index (χ1n) is 9.61. The van der Waals surface area contributed by atoms with E-state index in [4.69, 9.17) is 23.2 Å². The van der Waals surface area contributed by atoms with Gasteiger partial charge in [0.25, 0.3) is 0 Å². The van der Waals surface area contributed by atoms with Crippen molar-refractivity contribution in [2.45, 2.75) is 25.1 Å². The Hall–Kier alpha value is -2.08. The number of anilines is 1. The van der Waals surface area contributed by atoms with Crippen LogP contribution in [0.4, 0.5) is 19.1 Å². The van der Waals surface area contributed by atoms with E-state index in [9.17, 15) is 13.2 Å². The van der Waals surface area contributed by atoms with Gasteiger partial charge < -0.3 is 9.88 Å². The van der Waals surface area contributed by atoms with E-state index in [1.54, 1.807) is 18.0 Å². The third-order valence-corrected chi connectivity index (χ3v) is 6.71. The summed E-state index contributed by atoms with van der Waals surface area (Å²) < 4.78 is 44.7. The lowest BCUT2D eigenvalue weighted by Crippen LogP contribution is -2.35. The van der Waals surface area contributed by atoms with E-state index in [0.717, 1.165) is 32.1 Å². The van der Waals surface area contributed by atoms with Gasteiger partial charge in [-0.05, 0) is 25.2 Å². The monoisotopic (exact) mass is 503 g/mol. The minimum absolute atomic E-state index is 0.0315. The van der Waals surface area contributed by atoms with Crippen LogP contribution in [0.15, 0.2) is 31.0 Å². The lowest BCUT2D eigenvalue weighted by molar-refractivity contribution is -0.137. The van der Waals surface area contributed by atoms with Crippen LogP contribution in [0.1, 0.15) is 18.4 Å². The van der Waals surface area contributed by atoms with Crippen molar-refractivity contribution < 1.29 is 13.2 Å². The van der Waals surface area contributed by atoms with E-state index in [0.29, 0.717) is 5.69 Å². The van der Waals surface area contributed by atoms with Crippen LogP contribution < -0.4 is 5.32 Å². The molecule has 1 aliphatic rings. The van der Waals surface area contributed by atoms with Crippen molar-refractivity contribution in [2.75, 3.05) is 24.7 Å². The Kier molecular flexibility index (Phi) is 6.80. The summed E-state index contributed by atoms with van der Waals surface area (Å²) in [5.41, 5.74) is -0.813. The molecule has 0 atom stereocenters. The standard InChI is InChI=1S/C19H18Cl2F3N7S/c1-32-31-6-3-11(4-7-31)28-18-26-8-12(19(22,23)24)16(29-18)13-9-30(10-27-13)14-2-5-25-17(21)15(14)20/h2,5,8-11H,3-4,6-7H2,1H3,(H,26,28,29). The van der Waals surface area contributed by atoms with Gasteiger partial charge in [-0.2, -0.15) is 13.2 Å². The number of nitrogens with one attached hydrogen (secondary N) is 1. The van der Waals surface area contributed by atoms with Crippen molar-refractivity contribution in [1.82, 2.24) is 28.8 Å². The van der Waals surface area contributed by atoms with Crippen molar-refractivity contribution in [2.24, 2.45) is 0 Å². The fraction of sp³-hybridized carbons (Fsp3) is 0.368. The van der Waals surface area contributed by atoms with Crippen molar-refractivity contribution in [3.8, 4) is 17.1 Å². The summed E-state index contributed by atoms with van der Waals surface area (Å²) in [7, 11) is 0. The highest BCUT2D eigenvalue weighted by molar-refractivity contribution is 7.96. The summed E-state index contributed by atoms with van der Waals surface area (Å²) >= 11 is 13.8. The van der Waals surface area contributed by atoms with Crippen molar-refractivity contribution in [3.05, 3.63) is 46.7 Å². The van der Waals surface area contributed by atoms with E-state index in [1.165, 1.54) is 23.3 Å². The second kappa shape index (κ2) is 9.42. The third-order valence-electron chi connectivity index (χ3n) is 5.07. The number of rotatable bonds is 5. The van der Waals surface area contributed by atoms with Gasteiger partial charge in [-0.25, -0.2) is 19.9 Å². The molecule has 1 saturated heterocycles. The van der Waals surface area contributed by atoms with Gasteiger partial charge in [-0.15, -0.1) is 0 Å². The van der Waals surface area contributed by atoms with Gasteiger partial charge in [0, 0.05) is 37.7 Å². The average molecular weight is 504 g/mol. The molecule has 32 heavy (non-hydrogen) atoms. The summed E-state index contributed by atoms with van der Waals surface area (Å²) in [6.07, 6.45) is 4.06. The van der Waals surface area contributed by atoms with Crippen molar-refractivity contribution >= 4 is 41.1 Å². The molecule has 0 radical (unpaired) electrons. The molecule has 0 aliphatic carbocycles. The molecule has 0 saturated carbocycles. The smallest absolute Gasteiger partial charge is 0.351 e. The van der Waals surface area contributed by atoms with Crippen molar-refractivity contribution in [1.29, 1.82) is 0 Å². The number of pyridine rings is 1. The fourth-order valence-corrected chi connectivity index (χ4v) is 4.34. The summed E-state index contributed by atoms with van der Waals surface area (Å²) in [6, 6.07) is 1.66. The minimum Gasteiger partial charge on any atom is -0.351 e. The van der Waals surface area contributed by atoms with Gasteiger partial charge in [0.1, 0.15) is 33.5 Å². The Balaban J connectivity index is 1.66. The zero-order valence-corrected chi connectivity index (χ0v) is 19.1. The summed E-state index contributed by atoms with van der Waals surface area (Å²) in [4.78, 5) is 16.1. The van der Waals surface area contributed by atoms with Crippen LogP contribution in [0, 0.1) is 0 Å². The average Bonchev–Trinajstić information content (AvgIpc) is 3.25. The van der Waals surface area contributed by atoms with E-state index in [1.807, 2.05) is 6.26 Å². The molecule has 170 valence electrons. The van der Waals surface area contributed by atoms with Crippen LogP contribution >= 0.6 is 35.1 Å². The van der Waals surface area contributed by atoms with Crippen LogP contribution in [0.2, 0.25) is 10.2 Å². The number of aromatic nitrogens is 5. The molecule has 4 heterocycles. The van der Waals surface area contributed by atoms with E-state index in [-0.39, 0.29) is 33.6 Å². The second-order valence-electron chi connectivity index (χ2n) is 7.08. The minimum atomic E-state index is -4.64. The molecule has 0 aromatic carbocycles. The molecule has 13 heteroatoms. The number of imidazole rings is 1. The first kappa shape index (κ1) is 23.1. The topological polar surface area (TPSA) is 71.8 Å². The van der Waals surface area contributed by atoms with Gasteiger partial charge in [0.15, 0.2) is 0 Å². The molecule has 3 aromatic heterocycles. The number of nitrogens with zero attached hydrogens (tertiary/aromatic N) is 6. The fourth-order valence-electron chi connectivity index (χ4n) is 3.40. The predicted octanol–water partition coefficient (Wildman–Crippen LogP) is 5.20. The van der Waals surface area contributed by atoms with Crippen LogP contribution in [0.3, 0.4) is 0 Å². The molecule has 0 bridgehead atoms. The largest absolute Gasteiger partial charge is 0.420 e. The van der Waals surface area contributed by atoms with Crippen molar-refractivity contribution in [3.63, 3.8) is 0 Å². The molecule has 0 spiro atoms. The third kappa shape index (κ3) is 4.95. The quantitative estimate of drug-likeness (QED) is 0.378. The second-order valence-corrected chi connectivity index (χ2v) is 8.70. The van der Waals surface area contributed by atoms with Gasteiger partial charge in [0.2, 0.25) is 5.95 Å². The predicted molar refractivity (Wildman–Crippen MR) is 119 cm³/mol. The summed E-state index contributed by atoms with van der Waals surface area (Å²) in [5.74, 6) is 0.134. The van der Waals surface area contributed by atoms with Gasteiger partial charge in [0.05, 0.1) is 5.69 Å². The van der Waals surface area contributed by atoms with Crippen LogP contribution in [-0.2, 0) is 6.18 Å². The lowest BCUT2D eigenvalue weighted by Gasteiger charge is -2.30. The maximum absolute atomic E-state index is 13.7. The Morgan fingerprint density at radius 2 is 1.91 bits per heavy atom. The normalized spacial score (nSPS) is 15.8. The molecule has 0 unspecified atom stereocenters. The maximum atomic E-state index is 13.7. The Morgan fingerprint density at radius 1 is 1.16 bits per heavy atom. The zero-order chi connectivity index (χ0) is 22.9. The number of hydrogen-bond donors (Lipinski definition) is 1. The van der Waals surface area contributed by atoms with Gasteiger partial charge >= 0.3 is 6.18 Å². The summed E-state index contributed by atoms with van der Waals surface area (Å²) in [6.45, 7) is 1.76. The highest BCUT2D eigenvalue weighted by Gasteiger charge is 2.36. The van der Waals surface area contributed by atoms with Crippen LogP contribution in [-0.4, -0.2) is 54.2 Å². The summed E-state index contributed by atoms with van der Waals surface area (Å²) in [5, 5.41) is 3.41. The Labute approximate surface area is 196 Å². The van der Waals surface area contributed by atoms with E-state index >= 15 is 0 Å². The molecular weight excluding hydrogens is 486 g/mol. The molecule has 7 nitrogen and oxygen atoms in total. The molecular formula is C19H18Cl2F3N7S. The number of piperidine rings is 1.